The molecular weight excluding hydrogens is 321 g/mol. The van der Waals surface area contributed by atoms with Crippen molar-refractivity contribution in [1.82, 2.24) is 15.3 Å². The van der Waals surface area contributed by atoms with Crippen LogP contribution in [0.1, 0.15) is 11.3 Å². The van der Waals surface area contributed by atoms with Crippen molar-refractivity contribution in [2.45, 2.75) is 13.5 Å². The third-order valence-electron chi connectivity index (χ3n) is 2.60. The van der Waals surface area contributed by atoms with Gasteiger partial charge in [0.15, 0.2) is 5.75 Å². The fraction of sp³-hybridized carbons (Fsp3) is 0.231. The monoisotopic (exact) mass is 331 g/mol. The van der Waals surface area contributed by atoms with Crippen LogP contribution < -0.4 is 10.1 Å². The van der Waals surface area contributed by atoms with E-state index in [0.29, 0.717) is 27.4 Å². The Balaban J connectivity index is 2.26. The van der Waals surface area contributed by atoms with E-state index in [0.717, 1.165) is 11.3 Å². The average molecular weight is 333 g/mol. The number of ether oxygens (including phenoxy) is 1. The fourth-order valence-corrected chi connectivity index (χ4v) is 2.14. The second kappa shape index (κ2) is 6.59. The molecule has 0 atom stereocenters. The lowest BCUT2D eigenvalue weighted by molar-refractivity contribution is 0.439. The van der Waals surface area contributed by atoms with Gasteiger partial charge in [0.25, 0.3) is 0 Å². The van der Waals surface area contributed by atoms with Crippen molar-refractivity contribution < 1.29 is 4.74 Å². The lowest BCUT2D eigenvalue weighted by Crippen LogP contribution is -2.08. The number of halogens is 3. The van der Waals surface area contributed by atoms with Gasteiger partial charge in [0, 0.05) is 30.1 Å². The highest BCUT2D eigenvalue weighted by Gasteiger charge is 2.10. The SMILES string of the molecule is CNCc1cnc(Oc2cc(Cl)c(Cl)cc2Cl)nc1C. The molecule has 0 aliphatic rings. The van der Waals surface area contributed by atoms with E-state index in [4.69, 9.17) is 39.5 Å². The summed E-state index contributed by atoms with van der Waals surface area (Å²) in [6.07, 6.45) is 1.71. The Bertz CT molecular complexity index is 634. The summed E-state index contributed by atoms with van der Waals surface area (Å²) in [6.45, 7) is 2.58. The van der Waals surface area contributed by atoms with Gasteiger partial charge < -0.3 is 10.1 Å². The molecule has 0 saturated heterocycles. The van der Waals surface area contributed by atoms with E-state index in [1.165, 1.54) is 12.1 Å². The van der Waals surface area contributed by atoms with E-state index < -0.39 is 0 Å². The summed E-state index contributed by atoms with van der Waals surface area (Å²) in [5.74, 6) is 0.363. The highest BCUT2D eigenvalue weighted by molar-refractivity contribution is 6.43. The van der Waals surface area contributed by atoms with Gasteiger partial charge in [0.1, 0.15) is 0 Å². The Morgan fingerprint density at radius 3 is 2.50 bits per heavy atom. The van der Waals surface area contributed by atoms with Gasteiger partial charge in [-0.3, -0.25) is 0 Å². The quantitative estimate of drug-likeness (QED) is 0.850. The predicted octanol–water partition coefficient (Wildman–Crippen LogP) is 4.26. The second-order valence-corrected chi connectivity index (χ2v) is 5.31. The Kier molecular flexibility index (Phi) is 5.05. The maximum Gasteiger partial charge on any atom is 0.322 e. The van der Waals surface area contributed by atoms with Crippen LogP contribution in [0.5, 0.6) is 11.8 Å². The van der Waals surface area contributed by atoms with Crippen molar-refractivity contribution in [2.75, 3.05) is 7.05 Å². The Morgan fingerprint density at radius 1 is 1.15 bits per heavy atom. The molecule has 0 unspecified atom stereocenters. The van der Waals surface area contributed by atoms with Crippen molar-refractivity contribution in [1.29, 1.82) is 0 Å². The lowest BCUT2D eigenvalue weighted by atomic mass is 10.2. The average Bonchev–Trinajstić information content (AvgIpc) is 2.39. The number of aromatic nitrogens is 2. The molecular formula is C13H12Cl3N3O. The molecule has 0 fully saturated rings. The zero-order valence-corrected chi connectivity index (χ0v) is 13.1. The van der Waals surface area contributed by atoms with Gasteiger partial charge in [-0.2, -0.15) is 4.98 Å². The molecule has 0 bridgehead atoms. The van der Waals surface area contributed by atoms with Crippen molar-refractivity contribution in [3.8, 4) is 11.8 Å². The third kappa shape index (κ3) is 3.52. The highest BCUT2D eigenvalue weighted by Crippen LogP contribution is 2.35. The molecule has 7 heteroatoms. The number of hydrogen-bond donors (Lipinski definition) is 1. The summed E-state index contributed by atoms with van der Waals surface area (Å²) in [6, 6.07) is 3.26. The molecule has 0 spiro atoms. The van der Waals surface area contributed by atoms with Crippen molar-refractivity contribution >= 4 is 34.8 Å². The molecule has 4 nitrogen and oxygen atoms in total. The lowest BCUT2D eigenvalue weighted by Gasteiger charge is -2.09. The largest absolute Gasteiger partial charge is 0.423 e. The summed E-state index contributed by atoms with van der Waals surface area (Å²) in [4.78, 5) is 8.41. The van der Waals surface area contributed by atoms with Crippen LogP contribution in [0, 0.1) is 6.92 Å². The molecule has 0 saturated carbocycles. The molecule has 0 aliphatic heterocycles. The van der Waals surface area contributed by atoms with E-state index in [9.17, 15) is 0 Å². The summed E-state index contributed by atoms with van der Waals surface area (Å²) in [7, 11) is 1.86. The van der Waals surface area contributed by atoms with Gasteiger partial charge in [0.05, 0.1) is 15.1 Å². The maximum atomic E-state index is 6.04. The Hall–Kier alpha value is -1.07. The minimum absolute atomic E-state index is 0.211. The maximum absolute atomic E-state index is 6.04. The second-order valence-electron chi connectivity index (χ2n) is 4.09. The normalized spacial score (nSPS) is 10.7. The first kappa shape index (κ1) is 15.3. The number of nitrogens with zero attached hydrogens (tertiary/aromatic N) is 2. The van der Waals surface area contributed by atoms with Crippen LogP contribution in [0.4, 0.5) is 0 Å². The Labute approximate surface area is 132 Å². The standard InChI is InChI=1S/C13H12Cl3N3O/c1-7-8(5-17-2)6-18-13(19-7)20-12-4-10(15)9(14)3-11(12)16/h3-4,6,17H,5H2,1-2H3. The first-order chi connectivity index (χ1) is 9.51. The first-order valence-corrected chi connectivity index (χ1v) is 6.94. The van der Waals surface area contributed by atoms with Gasteiger partial charge in [-0.25, -0.2) is 4.98 Å². The van der Waals surface area contributed by atoms with Gasteiger partial charge in [-0.05, 0) is 20.0 Å². The molecule has 0 aliphatic carbocycles. The van der Waals surface area contributed by atoms with Crippen LogP contribution in [-0.2, 0) is 6.54 Å². The molecule has 1 heterocycles. The van der Waals surface area contributed by atoms with Crippen molar-refractivity contribution in [3.63, 3.8) is 0 Å². The third-order valence-corrected chi connectivity index (χ3v) is 3.62. The number of aryl methyl sites for hydroxylation is 1. The van der Waals surface area contributed by atoms with Gasteiger partial charge in [-0.15, -0.1) is 0 Å². The minimum Gasteiger partial charge on any atom is -0.423 e. The minimum atomic E-state index is 0.211. The Morgan fingerprint density at radius 2 is 1.85 bits per heavy atom. The molecule has 20 heavy (non-hydrogen) atoms. The number of nitrogens with one attached hydrogen (secondary N) is 1. The van der Waals surface area contributed by atoms with Crippen LogP contribution in [-0.4, -0.2) is 17.0 Å². The van der Waals surface area contributed by atoms with Gasteiger partial charge >= 0.3 is 6.01 Å². The molecule has 2 aromatic rings. The summed E-state index contributed by atoms with van der Waals surface area (Å²) in [5.41, 5.74) is 1.83. The van der Waals surface area contributed by atoms with Crippen LogP contribution in [0.3, 0.4) is 0 Å². The molecule has 0 amide bonds. The number of rotatable bonds is 4. The first-order valence-electron chi connectivity index (χ1n) is 5.80. The summed E-state index contributed by atoms with van der Waals surface area (Å²) < 4.78 is 5.54. The van der Waals surface area contributed by atoms with Crippen LogP contribution in [0.2, 0.25) is 15.1 Å². The highest BCUT2D eigenvalue weighted by atomic mass is 35.5. The van der Waals surface area contributed by atoms with E-state index in [2.05, 4.69) is 15.3 Å². The molecule has 2 rings (SSSR count). The van der Waals surface area contributed by atoms with Crippen LogP contribution in [0.25, 0.3) is 0 Å². The fourth-order valence-electron chi connectivity index (χ4n) is 1.56. The van der Waals surface area contributed by atoms with Crippen molar-refractivity contribution in [2.24, 2.45) is 0 Å². The molecule has 1 N–H and O–H groups in total. The van der Waals surface area contributed by atoms with E-state index in [1.54, 1.807) is 6.20 Å². The predicted molar refractivity (Wildman–Crippen MR) is 81.1 cm³/mol. The van der Waals surface area contributed by atoms with Crippen LogP contribution >= 0.6 is 34.8 Å². The zero-order chi connectivity index (χ0) is 14.7. The topological polar surface area (TPSA) is 47.0 Å². The van der Waals surface area contributed by atoms with Crippen LogP contribution in [0.15, 0.2) is 18.3 Å². The molecule has 1 aromatic heterocycles. The molecule has 0 radical (unpaired) electrons. The summed E-state index contributed by atoms with van der Waals surface area (Å²) >= 11 is 17.8. The van der Waals surface area contributed by atoms with Crippen molar-refractivity contribution in [3.05, 3.63) is 44.7 Å². The molecule has 1 aromatic carbocycles. The van der Waals surface area contributed by atoms with E-state index >= 15 is 0 Å². The smallest absolute Gasteiger partial charge is 0.322 e. The number of hydrogen-bond acceptors (Lipinski definition) is 4. The van der Waals surface area contributed by atoms with E-state index in [1.807, 2.05) is 14.0 Å². The molecule has 106 valence electrons. The van der Waals surface area contributed by atoms with Gasteiger partial charge in [-0.1, -0.05) is 34.8 Å². The van der Waals surface area contributed by atoms with E-state index in [-0.39, 0.29) is 6.01 Å². The van der Waals surface area contributed by atoms with Gasteiger partial charge in [0.2, 0.25) is 0 Å². The zero-order valence-electron chi connectivity index (χ0n) is 10.9. The number of benzene rings is 1. The summed E-state index contributed by atoms with van der Waals surface area (Å²) in [5, 5.41) is 4.11.